The van der Waals surface area contributed by atoms with Crippen LogP contribution in [-0.4, -0.2) is 16.7 Å². The summed E-state index contributed by atoms with van der Waals surface area (Å²) in [5.41, 5.74) is 5.64. The van der Waals surface area contributed by atoms with E-state index in [1.807, 2.05) is 54.6 Å². The van der Waals surface area contributed by atoms with Crippen LogP contribution in [0.4, 0.5) is 4.39 Å². The fourth-order valence-electron chi connectivity index (χ4n) is 3.45. The molecule has 0 saturated carbocycles. The molecule has 0 bridgehead atoms. The van der Waals surface area contributed by atoms with E-state index in [9.17, 15) is 4.39 Å². The average Bonchev–Trinajstić information content (AvgIpc) is 3.07. The SMILES string of the molecule is COc1cccc(-c2cc(-c3ccccn3)c(C)n2Cc2ccccc2F)c1. The molecule has 3 nitrogen and oxygen atoms in total. The summed E-state index contributed by atoms with van der Waals surface area (Å²) < 4.78 is 21.9. The minimum atomic E-state index is -0.202. The molecule has 4 aromatic rings. The van der Waals surface area contributed by atoms with Gasteiger partial charge in [-0.1, -0.05) is 36.4 Å². The maximum absolute atomic E-state index is 14.3. The van der Waals surface area contributed by atoms with Crippen molar-refractivity contribution >= 4 is 0 Å². The van der Waals surface area contributed by atoms with Crippen molar-refractivity contribution in [2.24, 2.45) is 0 Å². The fourth-order valence-corrected chi connectivity index (χ4v) is 3.45. The number of methoxy groups -OCH3 is 1. The molecule has 2 aromatic carbocycles. The first kappa shape index (κ1) is 18.0. The third kappa shape index (κ3) is 3.41. The van der Waals surface area contributed by atoms with Gasteiger partial charge in [-0.15, -0.1) is 0 Å². The third-order valence-corrected chi connectivity index (χ3v) is 4.96. The Morgan fingerprint density at radius 1 is 0.964 bits per heavy atom. The van der Waals surface area contributed by atoms with Crippen molar-refractivity contribution < 1.29 is 9.13 Å². The lowest BCUT2D eigenvalue weighted by Gasteiger charge is -2.14. The minimum absolute atomic E-state index is 0.202. The lowest BCUT2D eigenvalue weighted by Crippen LogP contribution is -2.06. The Morgan fingerprint density at radius 2 is 1.79 bits per heavy atom. The first-order chi connectivity index (χ1) is 13.7. The maximum atomic E-state index is 14.3. The molecule has 0 atom stereocenters. The Morgan fingerprint density at radius 3 is 2.54 bits per heavy atom. The number of rotatable bonds is 5. The number of hydrogen-bond donors (Lipinski definition) is 0. The highest BCUT2D eigenvalue weighted by Crippen LogP contribution is 2.33. The van der Waals surface area contributed by atoms with Crippen LogP contribution in [0.25, 0.3) is 22.5 Å². The maximum Gasteiger partial charge on any atom is 0.128 e. The van der Waals surface area contributed by atoms with Crippen LogP contribution in [0.3, 0.4) is 0 Å². The number of halogens is 1. The Kier molecular flexibility index (Phi) is 4.94. The lowest BCUT2D eigenvalue weighted by molar-refractivity contribution is 0.415. The summed E-state index contributed by atoms with van der Waals surface area (Å²) in [7, 11) is 1.65. The van der Waals surface area contributed by atoms with Crippen LogP contribution < -0.4 is 4.74 Å². The van der Waals surface area contributed by atoms with Crippen LogP contribution in [0.1, 0.15) is 11.3 Å². The highest BCUT2D eigenvalue weighted by Gasteiger charge is 2.17. The standard InChI is InChI=1S/C24H21FN2O/c1-17-21(23-12-5-6-13-26-23)15-24(18-9-7-10-20(14-18)28-2)27(17)16-19-8-3-4-11-22(19)25/h3-15H,16H2,1-2H3. The van der Waals surface area contributed by atoms with Crippen molar-refractivity contribution in [1.29, 1.82) is 0 Å². The lowest BCUT2D eigenvalue weighted by atomic mass is 10.1. The molecule has 0 saturated heterocycles. The molecule has 0 N–H and O–H groups in total. The molecule has 0 aliphatic heterocycles. The van der Waals surface area contributed by atoms with E-state index in [2.05, 4.69) is 22.5 Å². The van der Waals surface area contributed by atoms with Crippen molar-refractivity contribution in [2.45, 2.75) is 13.5 Å². The molecule has 4 rings (SSSR count). The largest absolute Gasteiger partial charge is 0.497 e. The summed E-state index contributed by atoms with van der Waals surface area (Å²) in [6.45, 7) is 2.49. The summed E-state index contributed by atoms with van der Waals surface area (Å²) in [6.07, 6.45) is 1.79. The molecule has 0 aliphatic rings. The quantitative estimate of drug-likeness (QED) is 0.448. The van der Waals surface area contributed by atoms with Gasteiger partial charge in [-0.2, -0.15) is 0 Å². The van der Waals surface area contributed by atoms with Crippen LogP contribution in [0.5, 0.6) is 5.75 Å². The molecule has 28 heavy (non-hydrogen) atoms. The minimum Gasteiger partial charge on any atom is -0.497 e. The first-order valence-electron chi connectivity index (χ1n) is 9.16. The van der Waals surface area contributed by atoms with Gasteiger partial charge in [-0.05, 0) is 43.3 Å². The highest BCUT2D eigenvalue weighted by molar-refractivity contribution is 5.74. The molecule has 2 heterocycles. The Labute approximate surface area is 164 Å². The average molecular weight is 372 g/mol. The van der Waals surface area contributed by atoms with E-state index >= 15 is 0 Å². The van der Waals surface area contributed by atoms with E-state index in [1.165, 1.54) is 6.07 Å². The zero-order valence-electron chi connectivity index (χ0n) is 15.9. The van der Waals surface area contributed by atoms with Gasteiger partial charge in [0.15, 0.2) is 0 Å². The Balaban J connectivity index is 1.89. The summed E-state index contributed by atoms with van der Waals surface area (Å²) >= 11 is 0. The molecule has 0 aliphatic carbocycles. The van der Waals surface area contributed by atoms with Crippen LogP contribution >= 0.6 is 0 Å². The number of hydrogen-bond acceptors (Lipinski definition) is 2. The van der Waals surface area contributed by atoms with E-state index in [0.29, 0.717) is 12.1 Å². The normalized spacial score (nSPS) is 10.8. The van der Waals surface area contributed by atoms with E-state index in [1.54, 1.807) is 19.4 Å². The monoisotopic (exact) mass is 372 g/mol. The molecule has 0 spiro atoms. The Hall–Kier alpha value is -3.40. The van der Waals surface area contributed by atoms with Gasteiger partial charge < -0.3 is 9.30 Å². The van der Waals surface area contributed by atoms with Gasteiger partial charge in [-0.3, -0.25) is 4.98 Å². The van der Waals surface area contributed by atoms with Crippen LogP contribution in [-0.2, 0) is 6.54 Å². The van der Waals surface area contributed by atoms with Crippen LogP contribution in [0.2, 0.25) is 0 Å². The predicted octanol–water partition coefficient (Wildman–Crippen LogP) is 5.72. The zero-order chi connectivity index (χ0) is 19.5. The molecule has 0 fully saturated rings. The molecular weight excluding hydrogens is 351 g/mol. The molecule has 0 radical (unpaired) electrons. The molecular formula is C24H21FN2O. The van der Waals surface area contributed by atoms with Gasteiger partial charge in [0.2, 0.25) is 0 Å². The zero-order valence-corrected chi connectivity index (χ0v) is 15.9. The number of nitrogens with zero attached hydrogens (tertiary/aromatic N) is 2. The van der Waals surface area contributed by atoms with Crippen LogP contribution in [0.15, 0.2) is 79.0 Å². The van der Waals surface area contributed by atoms with E-state index in [-0.39, 0.29) is 5.82 Å². The number of benzene rings is 2. The second-order valence-electron chi connectivity index (χ2n) is 6.65. The van der Waals surface area contributed by atoms with Gasteiger partial charge in [0, 0.05) is 34.3 Å². The molecule has 2 aromatic heterocycles. The van der Waals surface area contributed by atoms with Gasteiger partial charge in [-0.25, -0.2) is 4.39 Å². The molecule has 140 valence electrons. The summed E-state index contributed by atoms with van der Waals surface area (Å²) in [5.74, 6) is 0.583. The van der Waals surface area contributed by atoms with Crippen LogP contribution in [0, 0.1) is 12.7 Å². The molecule has 0 amide bonds. The van der Waals surface area contributed by atoms with Crippen molar-refractivity contribution in [3.05, 3.63) is 96.1 Å². The fraction of sp³-hybridized carbons (Fsp3) is 0.125. The van der Waals surface area contributed by atoms with E-state index in [0.717, 1.165) is 34.0 Å². The van der Waals surface area contributed by atoms with Crippen molar-refractivity contribution in [3.63, 3.8) is 0 Å². The number of ether oxygens (including phenoxy) is 1. The highest BCUT2D eigenvalue weighted by atomic mass is 19.1. The van der Waals surface area contributed by atoms with Crippen molar-refractivity contribution in [3.8, 4) is 28.3 Å². The topological polar surface area (TPSA) is 27.1 Å². The van der Waals surface area contributed by atoms with Gasteiger partial charge in [0.1, 0.15) is 11.6 Å². The number of aromatic nitrogens is 2. The third-order valence-electron chi connectivity index (χ3n) is 4.96. The van der Waals surface area contributed by atoms with Crippen molar-refractivity contribution in [1.82, 2.24) is 9.55 Å². The van der Waals surface area contributed by atoms with Gasteiger partial charge in [0.05, 0.1) is 19.3 Å². The first-order valence-corrected chi connectivity index (χ1v) is 9.16. The second-order valence-corrected chi connectivity index (χ2v) is 6.65. The summed E-state index contributed by atoms with van der Waals surface area (Å²) in [4.78, 5) is 4.50. The summed E-state index contributed by atoms with van der Waals surface area (Å²) in [6, 6.07) is 22.8. The van der Waals surface area contributed by atoms with Crippen molar-refractivity contribution in [2.75, 3.05) is 7.11 Å². The predicted molar refractivity (Wildman–Crippen MR) is 110 cm³/mol. The summed E-state index contributed by atoms with van der Waals surface area (Å²) in [5, 5.41) is 0. The van der Waals surface area contributed by atoms with Gasteiger partial charge in [0.25, 0.3) is 0 Å². The van der Waals surface area contributed by atoms with Gasteiger partial charge >= 0.3 is 0 Å². The molecule has 0 unspecified atom stereocenters. The van der Waals surface area contributed by atoms with E-state index < -0.39 is 0 Å². The second kappa shape index (κ2) is 7.69. The molecule has 4 heteroatoms. The Bertz CT molecular complexity index is 1100. The van der Waals surface area contributed by atoms with E-state index in [4.69, 9.17) is 4.74 Å². The smallest absolute Gasteiger partial charge is 0.128 e. The number of pyridine rings is 1.